The third-order valence-electron chi connectivity index (χ3n) is 3.50. The van der Waals surface area contributed by atoms with Crippen molar-refractivity contribution in [3.8, 4) is 17.5 Å². The van der Waals surface area contributed by atoms with Gasteiger partial charge in [-0.2, -0.15) is 5.26 Å². The number of nitrogen functional groups attached to an aromatic ring is 1. The van der Waals surface area contributed by atoms with Crippen LogP contribution in [0.1, 0.15) is 22.4 Å². The van der Waals surface area contributed by atoms with E-state index >= 15 is 0 Å². The van der Waals surface area contributed by atoms with E-state index in [1.54, 1.807) is 7.11 Å². The molecule has 0 saturated carbocycles. The zero-order valence-electron chi connectivity index (χ0n) is 11.6. The molecule has 4 nitrogen and oxygen atoms in total. The van der Waals surface area contributed by atoms with E-state index in [9.17, 15) is 0 Å². The molecule has 0 unspecified atom stereocenters. The van der Waals surface area contributed by atoms with Crippen LogP contribution in [0.2, 0.25) is 0 Å². The minimum atomic E-state index is 0.488. The number of methoxy groups -OCH3 is 1. The number of aryl methyl sites for hydroxylation is 1. The first kappa shape index (κ1) is 13.0. The van der Waals surface area contributed by atoms with Crippen molar-refractivity contribution >= 4 is 5.82 Å². The monoisotopic (exact) mass is 255 g/mol. The highest BCUT2D eigenvalue weighted by Crippen LogP contribution is 2.29. The lowest BCUT2D eigenvalue weighted by Crippen LogP contribution is -2.03. The van der Waals surface area contributed by atoms with Crippen LogP contribution in [0, 0.1) is 32.1 Å². The number of hydrogen-bond acceptors (Lipinski definition) is 3. The van der Waals surface area contributed by atoms with E-state index in [4.69, 9.17) is 15.7 Å². The van der Waals surface area contributed by atoms with Gasteiger partial charge in [-0.15, -0.1) is 0 Å². The number of nitrogens with two attached hydrogens (primary N) is 1. The number of anilines is 1. The summed E-state index contributed by atoms with van der Waals surface area (Å²) in [5, 5.41) is 9.16. The highest BCUT2D eigenvalue weighted by atomic mass is 16.5. The van der Waals surface area contributed by atoms with Gasteiger partial charge in [-0.1, -0.05) is 0 Å². The van der Waals surface area contributed by atoms with Crippen LogP contribution in [0.4, 0.5) is 5.82 Å². The molecule has 0 amide bonds. The average Bonchev–Trinajstić information content (AvgIpc) is 2.60. The molecule has 0 aliphatic carbocycles. The van der Waals surface area contributed by atoms with Crippen LogP contribution in [-0.2, 0) is 0 Å². The summed E-state index contributed by atoms with van der Waals surface area (Å²) in [4.78, 5) is 0. The van der Waals surface area contributed by atoms with Crippen LogP contribution in [-0.4, -0.2) is 11.7 Å². The Kier molecular flexibility index (Phi) is 3.22. The summed E-state index contributed by atoms with van der Waals surface area (Å²) in [5.74, 6) is 1.33. The van der Waals surface area contributed by atoms with Gasteiger partial charge in [0.1, 0.15) is 17.6 Å². The van der Waals surface area contributed by atoms with E-state index in [0.717, 1.165) is 28.3 Å². The number of benzene rings is 1. The van der Waals surface area contributed by atoms with Crippen molar-refractivity contribution < 1.29 is 4.74 Å². The van der Waals surface area contributed by atoms with Crippen LogP contribution in [0.3, 0.4) is 0 Å². The maximum Gasteiger partial charge on any atom is 0.126 e. The Morgan fingerprint density at radius 1 is 1.26 bits per heavy atom. The molecule has 1 heterocycles. The molecule has 0 bridgehead atoms. The predicted molar refractivity (Wildman–Crippen MR) is 75.7 cm³/mol. The van der Waals surface area contributed by atoms with Crippen LogP contribution in [0.25, 0.3) is 5.69 Å². The van der Waals surface area contributed by atoms with Gasteiger partial charge in [-0.25, -0.2) is 0 Å². The van der Waals surface area contributed by atoms with Gasteiger partial charge in [0.2, 0.25) is 0 Å². The molecule has 2 aromatic rings. The molecule has 0 spiro atoms. The summed E-state index contributed by atoms with van der Waals surface area (Å²) in [6.45, 7) is 5.86. The van der Waals surface area contributed by atoms with E-state index in [0.29, 0.717) is 11.4 Å². The van der Waals surface area contributed by atoms with E-state index in [1.807, 2.05) is 43.5 Å². The Labute approximate surface area is 113 Å². The smallest absolute Gasteiger partial charge is 0.126 e. The topological polar surface area (TPSA) is 64.0 Å². The second-order valence-electron chi connectivity index (χ2n) is 4.57. The van der Waals surface area contributed by atoms with Crippen molar-refractivity contribution in [1.29, 1.82) is 5.26 Å². The Hall–Kier alpha value is -2.41. The molecule has 2 N–H and O–H groups in total. The lowest BCUT2D eigenvalue weighted by Gasteiger charge is -2.12. The third-order valence-corrected chi connectivity index (χ3v) is 3.50. The fraction of sp³-hybridized carbons (Fsp3) is 0.267. The first-order valence-electron chi connectivity index (χ1n) is 6.03. The molecule has 0 fully saturated rings. The lowest BCUT2D eigenvalue weighted by atomic mass is 10.2. The molecule has 0 atom stereocenters. The van der Waals surface area contributed by atoms with E-state index in [-0.39, 0.29) is 0 Å². The highest BCUT2D eigenvalue weighted by Gasteiger charge is 2.16. The molecule has 2 rings (SSSR count). The van der Waals surface area contributed by atoms with Gasteiger partial charge < -0.3 is 10.5 Å². The standard InChI is InChI=1S/C15H17N3O/c1-9-7-12(5-6-14(9)19-4)18-11(3)10(2)13(8-16)15(18)17/h5-7H,17H2,1-4H3. The first-order chi connectivity index (χ1) is 9.01. The number of rotatable bonds is 2. The van der Waals surface area contributed by atoms with Gasteiger partial charge in [-0.3, -0.25) is 4.57 Å². The third kappa shape index (κ3) is 1.93. The SMILES string of the molecule is COc1ccc(-n2c(C)c(C)c(C#N)c2N)cc1C. The van der Waals surface area contributed by atoms with Gasteiger partial charge in [0.15, 0.2) is 0 Å². The van der Waals surface area contributed by atoms with Crippen LogP contribution < -0.4 is 10.5 Å². The maximum atomic E-state index is 9.16. The van der Waals surface area contributed by atoms with E-state index in [1.165, 1.54) is 0 Å². The fourth-order valence-corrected chi connectivity index (χ4v) is 2.31. The van der Waals surface area contributed by atoms with E-state index in [2.05, 4.69) is 6.07 Å². The number of nitrogens with zero attached hydrogens (tertiary/aromatic N) is 2. The van der Waals surface area contributed by atoms with Crippen molar-refractivity contribution in [2.75, 3.05) is 12.8 Å². The van der Waals surface area contributed by atoms with Crippen molar-refractivity contribution in [2.45, 2.75) is 20.8 Å². The molecule has 1 aromatic heterocycles. The lowest BCUT2D eigenvalue weighted by molar-refractivity contribution is 0.411. The molecule has 1 aromatic carbocycles. The normalized spacial score (nSPS) is 10.3. The zero-order chi connectivity index (χ0) is 14.2. The number of aromatic nitrogens is 1. The van der Waals surface area contributed by atoms with Gasteiger partial charge in [0.25, 0.3) is 0 Å². The predicted octanol–water partition coefficient (Wildman–Crippen LogP) is 2.87. The second kappa shape index (κ2) is 4.69. The van der Waals surface area contributed by atoms with Crippen LogP contribution >= 0.6 is 0 Å². The fourth-order valence-electron chi connectivity index (χ4n) is 2.31. The molecular weight excluding hydrogens is 238 g/mol. The molecule has 0 aliphatic rings. The summed E-state index contributed by atoms with van der Waals surface area (Å²) in [6.07, 6.45) is 0. The Balaban J connectivity index is 2.67. The van der Waals surface area contributed by atoms with Gasteiger partial charge in [0.05, 0.1) is 12.7 Å². The van der Waals surface area contributed by atoms with Crippen molar-refractivity contribution in [1.82, 2.24) is 4.57 Å². The van der Waals surface area contributed by atoms with Crippen molar-refractivity contribution in [2.24, 2.45) is 0 Å². The largest absolute Gasteiger partial charge is 0.496 e. The molecule has 0 radical (unpaired) electrons. The molecule has 4 heteroatoms. The summed E-state index contributed by atoms with van der Waals surface area (Å²) in [6, 6.07) is 8.01. The minimum Gasteiger partial charge on any atom is -0.496 e. The number of ether oxygens (including phenoxy) is 1. The van der Waals surface area contributed by atoms with Gasteiger partial charge >= 0.3 is 0 Å². The Bertz CT molecular complexity index is 678. The molecule has 19 heavy (non-hydrogen) atoms. The maximum absolute atomic E-state index is 9.16. The second-order valence-corrected chi connectivity index (χ2v) is 4.57. The molecule has 98 valence electrons. The van der Waals surface area contributed by atoms with Gasteiger partial charge in [0, 0.05) is 11.4 Å². The Morgan fingerprint density at radius 2 is 1.95 bits per heavy atom. The summed E-state index contributed by atoms with van der Waals surface area (Å²) < 4.78 is 7.16. The van der Waals surface area contributed by atoms with E-state index < -0.39 is 0 Å². The summed E-state index contributed by atoms with van der Waals surface area (Å²) in [7, 11) is 1.65. The van der Waals surface area contributed by atoms with Crippen molar-refractivity contribution in [3.05, 3.63) is 40.6 Å². The summed E-state index contributed by atoms with van der Waals surface area (Å²) >= 11 is 0. The van der Waals surface area contributed by atoms with Crippen LogP contribution in [0.15, 0.2) is 18.2 Å². The minimum absolute atomic E-state index is 0.488. The van der Waals surface area contributed by atoms with Crippen molar-refractivity contribution in [3.63, 3.8) is 0 Å². The zero-order valence-corrected chi connectivity index (χ0v) is 11.6. The quantitative estimate of drug-likeness (QED) is 0.897. The average molecular weight is 255 g/mol. The van der Waals surface area contributed by atoms with Crippen LogP contribution in [0.5, 0.6) is 5.75 Å². The highest BCUT2D eigenvalue weighted by molar-refractivity contribution is 5.62. The number of hydrogen-bond donors (Lipinski definition) is 1. The number of nitriles is 1. The summed E-state index contributed by atoms with van der Waals surface area (Å²) in [5.41, 5.74) is 10.5. The molecular formula is C15H17N3O. The van der Waals surface area contributed by atoms with Gasteiger partial charge in [-0.05, 0) is 50.1 Å². The molecule has 0 saturated heterocycles. The Morgan fingerprint density at radius 3 is 2.42 bits per heavy atom. The first-order valence-corrected chi connectivity index (χ1v) is 6.03. The molecule has 0 aliphatic heterocycles.